The Labute approximate surface area is 104 Å². The normalized spacial score (nSPS) is 10.3. The van der Waals surface area contributed by atoms with Crippen LogP contribution in [0.25, 0.3) is 0 Å². The van der Waals surface area contributed by atoms with Crippen LogP contribution in [-0.4, -0.2) is 24.3 Å². The summed E-state index contributed by atoms with van der Waals surface area (Å²) in [7, 11) is 1.21. The zero-order chi connectivity index (χ0) is 13.5. The van der Waals surface area contributed by atoms with Crippen LogP contribution in [0.2, 0.25) is 0 Å². The lowest BCUT2D eigenvalue weighted by molar-refractivity contribution is -0.385. The minimum atomic E-state index is -0.703. The topological polar surface area (TPSA) is 93.8 Å². The summed E-state index contributed by atoms with van der Waals surface area (Å²) in [5, 5.41) is 14.4. The van der Waals surface area contributed by atoms with Gasteiger partial charge in [0.2, 0.25) is 0 Å². The molecule has 0 bridgehead atoms. The summed E-state index contributed by atoms with van der Waals surface area (Å²) in [5.74, 6) is 0. The Balaban J connectivity index is 2.88. The van der Waals surface area contributed by atoms with Crippen LogP contribution in [0.4, 0.5) is 10.5 Å². The van der Waals surface area contributed by atoms with Gasteiger partial charge in [0.15, 0.2) is 0 Å². The number of hydrazone groups is 1. The first kappa shape index (κ1) is 13.6. The number of nitrogens with one attached hydrogen (secondary N) is 1. The summed E-state index contributed by atoms with van der Waals surface area (Å²) in [6, 6.07) is 4.76. The molecule has 0 aromatic heterocycles. The summed E-state index contributed by atoms with van der Waals surface area (Å²) in [4.78, 5) is 21.1. The Morgan fingerprint density at radius 1 is 1.61 bits per heavy atom. The monoisotopic (exact) mass is 251 g/mol. The number of hydrogen-bond donors (Lipinski definition) is 1. The lowest BCUT2D eigenvalue weighted by atomic mass is 10.1. The Bertz CT molecular complexity index is 485. The van der Waals surface area contributed by atoms with E-state index in [9.17, 15) is 14.9 Å². The van der Waals surface area contributed by atoms with Gasteiger partial charge in [-0.3, -0.25) is 10.1 Å². The molecule has 0 aliphatic heterocycles. The van der Waals surface area contributed by atoms with Crippen molar-refractivity contribution in [3.63, 3.8) is 0 Å². The van der Waals surface area contributed by atoms with Crippen LogP contribution in [-0.2, 0) is 11.2 Å². The van der Waals surface area contributed by atoms with Gasteiger partial charge in [0.25, 0.3) is 5.69 Å². The number of carbonyl (C=O) groups is 1. The highest BCUT2D eigenvalue weighted by atomic mass is 16.6. The second-order valence-corrected chi connectivity index (χ2v) is 3.36. The van der Waals surface area contributed by atoms with Crippen molar-refractivity contribution in [2.75, 3.05) is 7.11 Å². The average Bonchev–Trinajstić information content (AvgIpc) is 2.38. The Morgan fingerprint density at radius 2 is 2.33 bits per heavy atom. The molecule has 18 heavy (non-hydrogen) atoms. The van der Waals surface area contributed by atoms with Gasteiger partial charge in [-0.15, -0.1) is 0 Å². The zero-order valence-electron chi connectivity index (χ0n) is 10.0. The van der Waals surface area contributed by atoms with Gasteiger partial charge in [-0.05, 0) is 6.42 Å². The summed E-state index contributed by atoms with van der Waals surface area (Å²) in [6.45, 7) is 1.84. The predicted octanol–water partition coefficient (Wildman–Crippen LogP) is 1.85. The number of nitrogens with zero attached hydrogens (tertiary/aromatic N) is 2. The van der Waals surface area contributed by atoms with E-state index < -0.39 is 11.0 Å². The highest BCUT2D eigenvalue weighted by Crippen LogP contribution is 2.19. The minimum Gasteiger partial charge on any atom is -0.452 e. The van der Waals surface area contributed by atoms with E-state index in [4.69, 9.17) is 0 Å². The Kier molecular flexibility index (Phi) is 4.79. The molecule has 1 amide bonds. The second kappa shape index (κ2) is 6.33. The van der Waals surface area contributed by atoms with Crippen molar-refractivity contribution < 1.29 is 14.5 Å². The van der Waals surface area contributed by atoms with Crippen LogP contribution in [0.1, 0.15) is 18.1 Å². The molecule has 0 unspecified atom stereocenters. The highest BCUT2D eigenvalue weighted by molar-refractivity contribution is 5.82. The Hall–Kier alpha value is -2.44. The van der Waals surface area contributed by atoms with Crippen molar-refractivity contribution in [1.29, 1.82) is 0 Å². The van der Waals surface area contributed by atoms with Gasteiger partial charge in [-0.25, -0.2) is 10.2 Å². The number of rotatable bonds is 4. The fourth-order valence-electron chi connectivity index (χ4n) is 1.34. The maximum Gasteiger partial charge on any atom is 0.427 e. The van der Waals surface area contributed by atoms with E-state index in [1.807, 2.05) is 6.92 Å². The molecule has 1 rings (SSSR count). The lowest BCUT2D eigenvalue weighted by Crippen LogP contribution is -2.16. The van der Waals surface area contributed by atoms with Gasteiger partial charge in [-0.2, -0.15) is 5.10 Å². The third kappa shape index (κ3) is 3.55. The SMILES string of the molecule is CCc1ccc(/C=N\NC(=O)OC)cc1[N+](=O)[O-]. The molecule has 0 saturated heterocycles. The highest BCUT2D eigenvalue weighted by Gasteiger charge is 2.12. The molecule has 1 aromatic rings. The van der Waals surface area contributed by atoms with Crippen molar-refractivity contribution in [3.8, 4) is 0 Å². The average molecular weight is 251 g/mol. The quantitative estimate of drug-likeness (QED) is 0.502. The summed E-state index contributed by atoms with van der Waals surface area (Å²) in [5.41, 5.74) is 3.31. The van der Waals surface area contributed by atoms with Gasteiger partial charge >= 0.3 is 6.09 Å². The summed E-state index contributed by atoms with van der Waals surface area (Å²) >= 11 is 0. The van der Waals surface area contributed by atoms with Crippen LogP contribution < -0.4 is 5.43 Å². The van der Waals surface area contributed by atoms with E-state index in [0.29, 0.717) is 17.5 Å². The standard InChI is InChI=1S/C11H13N3O4/c1-3-9-5-4-8(6-10(9)14(16)17)7-12-13-11(15)18-2/h4-7H,3H2,1-2H3,(H,13,15)/b12-7-. The van der Waals surface area contributed by atoms with E-state index in [0.717, 1.165) is 0 Å². The molecule has 0 saturated carbocycles. The van der Waals surface area contributed by atoms with Gasteiger partial charge in [-0.1, -0.05) is 19.1 Å². The van der Waals surface area contributed by atoms with E-state index in [1.165, 1.54) is 19.4 Å². The zero-order valence-corrected chi connectivity index (χ0v) is 10.0. The maximum atomic E-state index is 10.8. The number of nitro benzene ring substituents is 1. The molecule has 0 atom stereocenters. The number of nitro groups is 1. The number of methoxy groups -OCH3 is 1. The van der Waals surface area contributed by atoms with Gasteiger partial charge in [0.1, 0.15) is 0 Å². The molecule has 0 heterocycles. The minimum absolute atomic E-state index is 0.0412. The predicted molar refractivity (Wildman–Crippen MR) is 65.6 cm³/mol. The number of benzene rings is 1. The number of aryl methyl sites for hydroxylation is 1. The molecule has 0 aliphatic rings. The van der Waals surface area contributed by atoms with Crippen LogP contribution in [0.15, 0.2) is 23.3 Å². The molecular formula is C11H13N3O4. The molecule has 0 radical (unpaired) electrons. The molecule has 0 fully saturated rings. The van der Waals surface area contributed by atoms with Crippen molar-refractivity contribution in [2.45, 2.75) is 13.3 Å². The van der Waals surface area contributed by atoms with Gasteiger partial charge in [0.05, 0.1) is 18.2 Å². The van der Waals surface area contributed by atoms with Crippen molar-refractivity contribution in [3.05, 3.63) is 39.4 Å². The van der Waals surface area contributed by atoms with Crippen LogP contribution in [0.3, 0.4) is 0 Å². The smallest absolute Gasteiger partial charge is 0.427 e. The first-order chi connectivity index (χ1) is 8.58. The van der Waals surface area contributed by atoms with Crippen molar-refractivity contribution >= 4 is 18.0 Å². The number of ether oxygens (including phenoxy) is 1. The molecule has 1 N–H and O–H groups in total. The summed E-state index contributed by atoms with van der Waals surface area (Å²) < 4.78 is 4.31. The molecule has 96 valence electrons. The number of hydrogen-bond acceptors (Lipinski definition) is 5. The summed E-state index contributed by atoms with van der Waals surface area (Å²) in [6.07, 6.45) is 1.18. The van der Waals surface area contributed by atoms with Crippen molar-refractivity contribution in [2.24, 2.45) is 5.10 Å². The molecule has 0 aliphatic carbocycles. The fourth-order valence-corrected chi connectivity index (χ4v) is 1.34. The van der Waals surface area contributed by atoms with Gasteiger partial charge in [0, 0.05) is 17.2 Å². The van der Waals surface area contributed by atoms with Crippen LogP contribution >= 0.6 is 0 Å². The van der Waals surface area contributed by atoms with E-state index in [-0.39, 0.29) is 5.69 Å². The molecule has 0 spiro atoms. The third-order valence-corrected chi connectivity index (χ3v) is 2.24. The number of carbonyl (C=O) groups excluding carboxylic acids is 1. The largest absolute Gasteiger partial charge is 0.452 e. The van der Waals surface area contributed by atoms with Crippen LogP contribution in [0.5, 0.6) is 0 Å². The van der Waals surface area contributed by atoms with E-state index >= 15 is 0 Å². The van der Waals surface area contributed by atoms with E-state index in [1.54, 1.807) is 12.1 Å². The first-order valence-electron chi connectivity index (χ1n) is 5.22. The fraction of sp³-hybridized carbons (Fsp3) is 0.273. The molecule has 7 heteroatoms. The lowest BCUT2D eigenvalue weighted by Gasteiger charge is -2.01. The second-order valence-electron chi connectivity index (χ2n) is 3.36. The maximum absolute atomic E-state index is 10.8. The van der Waals surface area contributed by atoms with Gasteiger partial charge < -0.3 is 4.74 Å². The third-order valence-electron chi connectivity index (χ3n) is 2.24. The first-order valence-corrected chi connectivity index (χ1v) is 5.22. The Morgan fingerprint density at radius 3 is 2.89 bits per heavy atom. The van der Waals surface area contributed by atoms with E-state index in [2.05, 4.69) is 15.3 Å². The number of amides is 1. The molecular weight excluding hydrogens is 238 g/mol. The molecule has 7 nitrogen and oxygen atoms in total. The van der Waals surface area contributed by atoms with Crippen LogP contribution in [0, 0.1) is 10.1 Å². The van der Waals surface area contributed by atoms with Crippen molar-refractivity contribution in [1.82, 2.24) is 5.43 Å². The molecule has 1 aromatic carbocycles.